The summed E-state index contributed by atoms with van der Waals surface area (Å²) >= 11 is 12.6. The second-order valence-electron chi connectivity index (χ2n) is 9.58. The SMILES string of the molecule is CC(C(=O)NC1CCCC1)N(Cc1ccccc1Cl)C(=O)CN(c1cccc(Cl)c1)S(=O)(=O)c1ccccc1. The van der Waals surface area contributed by atoms with Crippen molar-refractivity contribution in [2.24, 2.45) is 0 Å². The molecule has 39 heavy (non-hydrogen) atoms. The van der Waals surface area contributed by atoms with Crippen molar-refractivity contribution in [1.29, 1.82) is 0 Å². The van der Waals surface area contributed by atoms with Gasteiger partial charge in [-0.05, 0) is 61.7 Å². The first kappa shape index (κ1) is 28.9. The minimum atomic E-state index is -4.14. The van der Waals surface area contributed by atoms with E-state index in [0.717, 1.165) is 30.0 Å². The van der Waals surface area contributed by atoms with Crippen LogP contribution in [0.4, 0.5) is 5.69 Å². The molecule has 0 aliphatic heterocycles. The molecule has 3 aromatic rings. The van der Waals surface area contributed by atoms with Crippen LogP contribution in [0.1, 0.15) is 38.2 Å². The first-order valence-electron chi connectivity index (χ1n) is 12.8. The van der Waals surface area contributed by atoms with Crippen molar-refractivity contribution in [2.75, 3.05) is 10.8 Å². The smallest absolute Gasteiger partial charge is 0.264 e. The zero-order valence-electron chi connectivity index (χ0n) is 21.6. The highest BCUT2D eigenvalue weighted by Crippen LogP contribution is 2.27. The van der Waals surface area contributed by atoms with E-state index in [0.29, 0.717) is 15.6 Å². The molecule has 1 atom stereocenters. The lowest BCUT2D eigenvalue weighted by molar-refractivity contribution is -0.139. The van der Waals surface area contributed by atoms with Crippen LogP contribution >= 0.6 is 23.2 Å². The summed E-state index contributed by atoms with van der Waals surface area (Å²) in [7, 11) is -4.14. The maximum absolute atomic E-state index is 14.0. The number of anilines is 1. The predicted octanol–water partition coefficient (Wildman–Crippen LogP) is 5.66. The van der Waals surface area contributed by atoms with Gasteiger partial charge in [0.25, 0.3) is 10.0 Å². The fourth-order valence-corrected chi connectivity index (χ4v) is 6.47. The Morgan fingerprint density at radius 3 is 2.28 bits per heavy atom. The molecule has 1 aliphatic carbocycles. The van der Waals surface area contributed by atoms with Crippen LogP contribution < -0.4 is 9.62 Å². The molecule has 0 bridgehead atoms. The number of nitrogens with one attached hydrogen (secondary N) is 1. The second-order valence-corrected chi connectivity index (χ2v) is 12.3. The zero-order chi connectivity index (χ0) is 28.0. The summed E-state index contributed by atoms with van der Waals surface area (Å²) in [5.74, 6) is -0.842. The van der Waals surface area contributed by atoms with Crippen LogP contribution in [0.15, 0.2) is 83.8 Å². The van der Waals surface area contributed by atoms with Crippen LogP contribution in [0.5, 0.6) is 0 Å². The molecule has 0 radical (unpaired) electrons. The summed E-state index contributed by atoms with van der Waals surface area (Å²) < 4.78 is 28.5. The Kier molecular flexibility index (Phi) is 9.53. The highest BCUT2D eigenvalue weighted by atomic mass is 35.5. The third-order valence-electron chi connectivity index (χ3n) is 6.87. The van der Waals surface area contributed by atoms with E-state index >= 15 is 0 Å². The monoisotopic (exact) mass is 587 g/mol. The first-order chi connectivity index (χ1) is 18.7. The fourth-order valence-electron chi connectivity index (χ4n) is 4.66. The van der Waals surface area contributed by atoms with Gasteiger partial charge >= 0.3 is 0 Å². The van der Waals surface area contributed by atoms with Crippen molar-refractivity contribution in [3.63, 3.8) is 0 Å². The quantitative estimate of drug-likeness (QED) is 0.331. The molecule has 0 aromatic heterocycles. The molecule has 0 heterocycles. The molecule has 10 heteroatoms. The van der Waals surface area contributed by atoms with Gasteiger partial charge in [0.1, 0.15) is 12.6 Å². The Labute approximate surface area is 239 Å². The summed E-state index contributed by atoms with van der Waals surface area (Å²) in [5.41, 5.74) is 0.883. The number of nitrogens with zero attached hydrogens (tertiary/aromatic N) is 2. The van der Waals surface area contributed by atoms with Gasteiger partial charge in [0.15, 0.2) is 0 Å². The maximum atomic E-state index is 14.0. The summed E-state index contributed by atoms with van der Waals surface area (Å²) in [6.07, 6.45) is 3.89. The third-order valence-corrected chi connectivity index (χ3v) is 9.27. The number of hydrogen-bond donors (Lipinski definition) is 1. The minimum absolute atomic E-state index is 0.0301. The molecule has 206 valence electrons. The van der Waals surface area contributed by atoms with E-state index in [-0.39, 0.29) is 29.1 Å². The molecule has 0 saturated heterocycles. The lowest BCUT2D eigenvalue weighted by atomic mass is 10.1. The van der Waals surface area contributed by atoms with Crippen molar-refractivity contribution in [2.45, 2.75) is 56.1 Å². The molecule has 3 aromatic carbocycles. The molecule has 1 N–H and O–H groups in total. The Morgan fingerprint density at radius 1 is 0.949 bits per heavy atom. The van der Waals surface area contributed by atoms with E-state index in [1.807, 2.05) is 0 Å². The van der Waals surface area contributed by atoms with Crippen LogP contribution in [0.3, 0.4) is 0 Å². The molecular weight excluding hydrogens is 557 g/mol. The molecule has 7 nitrogen and oxygen atoms in total. The lowest BCUT2D eigenvalue weighted by Crippen LogP contribution is -2.52. The molecule has 2 amide bonds. The van der Waals surface area contributed by atoms with E-state index < -0.39 is 28.5 Å². The van der Waals surface area contributed by atoms with Crippen LogP contribution in [-0.4, -0.2) is 43.8 Å². The van der Waals surface area contributed by atoms with E-state index in [4.69, 9.17) is 23.2 Å². The minimum Gasteiger partial charge on any atom is -0.352 e. The molecule has 0 spiro atoms. The van der Waals surface area contributed by atoms with Gasteiger partial charge in [0.05, 0.1) is 10.6 Å². The number of rotatable bonds is 10. The highest BCUT2D eigenvalue weighted by molar-refractivity contribution is 7.92. The molecule has 1 aliphatic rings. The lowest BCUT2D eigenvalue weighted by Gasteiger charge is -2.32. The van der Waals surface area contributed by atoms with Crippen LogP contribution in [0.25, 0.3) is 0 Å². The number of benzene rings is 3. The van der Waals surface area contributed by atoms with Gasteiger partial charge in [-0.25, -0.2) is 8.42 Å². The largest absolute Gasteiger partial charge is 0.352 e. The van der Waals surface area contributed by atoms with Crippen LogP contribution in [-0.2, 0) is 26.2 Å². The Hall–Kier alpha value is -3.07. The second kappa shape index (κ2) is 12.9. The van der Waals surface area contributed by atoms with Crippen molar-refractivity contribution in [3.8, 4) is 0 Å². The number of amides is 2. The number of halogens is 2. The van der Waals surface area contributed by atoms with Gasteiger partial charge in [0.2, 0.25) is 11.8 Å². The predicted molar refractivity (Wildman–Crippen MR) is 154 cm³/mol. The molecule has 1 saturated carbocycles. The summed E-state index contributed by atoms with van der Waals surface area (Å²) in [5, 5.41) is 3.82. The average Bonchev–Trinajstić information content (AvgIpc) is 3.44. The van der Waals surface area contributed by atoms with Crippen molar-refractivity contribution >= 4 is 50.7 Å². The Bertz CT molecular complexity index is 1410. The van der Waals surface area contributed by atoms with Gasteiger partial charge in [-0.3, -0.25) is 13.9 Å². The van der Waals surface area contributed by atoms with Crippen LogP contribution in [0, 0.1) is 0 Å². The van der Waals surface area contributed by atoms with Gasteiger partial charge in [-0.1, -0.05) is 78.5 Å². The zero-order valence-corrected chi connectivity index (χ0v) is 23.9. The van der Waals surface area contributed by atoms with Crippen molar-refractivity contribution in [1.82, 2.24) is 10.2 Å². The summed E-state index contributed by atoms with van der Waals surface area (Å²) in [6.45, 7) is 1.14. The molecule has 4 rings (SSSR count). The first-order valence-corrected chi connectivity index (χ1v) is 15.0. The van der Waals surface area contributed by atoms with E-state index in [1.54, 1.807) is 67.6 Å². The standard InChI is InChI=1S/C29H31Cl2N3O4S/c1-21(29(36)32-24-12-6-7-13-24)33(19-22-10-5-8-17-27(22)31)28(35)20-34(25-14-9-11-23(30)18-25)39(37,38)26-15-3-2-4-16-26/h2-5,8-11,14-18,21,24H,6-7,12-13,19-20H2,1H3,(H,32,36). The summed E-state index contributed by atoms with van der Waals surface area (Å²) in [6, 6.07) is 20.5. The van der Waals surface area contributed by atoms with Crippen molar-refractivity contribution in [3.05, 3.63) is 94.5 Å². The number of carbonyl (C=O) groups excluding carboxylic acids is 2. The fraction of sp³-hybridized carbons (Fsp3) is 0.310. The van der Waals surface area contributed by atoms with Gasteiger partial charge in [-0.15, -0.1) is 0 Å². The Balaban J connectivity index is 1.69. The highest BCUT2D eigenvalue weighted by Gasteiger charge is 2.33. The maximum Gasteiger partial charge on any atom is 0.264 e. The van der Waals surface area contributed by atoms with Gasteiger partial charge < -0.3 is 10.2 Å². The normalized spacial score (nSPS) is 14.5. The summed E-state index contributed by atoms with van der Waals surface area (Å²) in [4.78, 5) is 28.6. The topological polar surface area (TPSA) is 86.8 Å². The molecule has 1 unspecified atom stereocenters. The van der Waals surface area contributed by atoms with Crippen molar-refractivity contribution < 1.29 is 18.0 Å². The molecular formula is C29H31Cl2N3O4S. The molecule has 1 fully saturated rings. The number of hydrogen-bond acceptors (Lipinski definition) is 4. The Morgan fingerprint density at radius 2 is 1.62 bits per heavy atom. The van der Waals surface area contributed by atoms with Crippen LogP contribution in [0.2, 0.25) is 10.0 Å². The third kappa shape index (κ3) is 7.12. The number of carbonyl (C=O) groups is 2. The average molecular weight is 589 g/mol. The van der Waals surface area contributed by atoms with E-state index in [2.05, 4.69) is 5.32 Å². The van der Waals surface area contributed by atoms with E-state index in [1.165, 1.54) is 23.1 Å². The van der Waals surface area contributed by atoms with Gasteiger partial charge in [-0.2, -0.15) is 0 Å². The van der Waals surface area contributed by atoms with E-state index in [9.17, 15) is 18.0 Å². The van der Waals surface area contributed by atoms with Gasteiger partial charge in [0, 0.05) is 22.6 Å². The number of sulfonamides is 1.